The van der Waals surface area contributed by atoms with Gasteiger partial charge >= 0.3 is 6.09 Å². The zero-order chi connectivity index (χ0) is 21.4. The van der Waals surface area contributed by atoms with Crippen LogP contribution in [0, 0.1) is 6.92 Å². The molecular weight excluding hydrogens is 380 g/mol. The highest BCUT2D eigenvalue weighted by molar-refractivity contribution is 7.10. The first kappa shape index (κ1) is 21.8. The number of thiazole rings is 1. The van der Waals surface area contributed by atoms with Crippen molar-refractivity contribution in [1.82, 2.24) is 9.88 Å². The smallest absolute Gasteiger partial charge is 0.410 e. The van der Waals surface area contributed by atoms with Crippen molar-refractivity contribution in [1.29, 1.82) is 0 Å². The maximum Gasteiger partial charge on any atom is 0.410 e. The molecule has 1 aliphatic rings. The van der Waals surface area contributed by atoms with Crippen LogP contribution in [0.3, 0.4) is 0 Å². The first-order chi connectivity index (χ1) is 13.4. The summed E-state index contributed by atoms with van der Waals surface area (Å²) in [5.74, 6) is 0.416. The van der Waals surface area contributed by atoms with Crippen LogP contribution in [0.5, 0.6) is 0 Å². The number of nitrogens with zero attached hydrogens (tertiary/aromatic N) is 2. The van der Waals surface area contributed by atoms with Crippen LogP contribution in [-0.2, 0) is 10.2 Å². The number of carbonyl (C=O) groups is 1. The van der Waals surface area contributed by atoms with Gasteiger partial charge in [0, 0.05) is 30.0 Å². The summed E-state index contributed by atoms with van der Waals surface area (Å²) < 4.78 is 5.50. The maximum absolute atomic E-state index is 12.3. The second-order valence-electron chi connectivity index (χ2n) is 10.2. The van der Waals surface area contributed by atoms with Gasteiger partial charge in [-0.15, -0.1) is 11.3 Å². The number of amides is 1. The molecule has 0 spiro atoms. The van der Waals surface area contributed by atoms with Crippen LogP contribution in [0.15, 0.2) is 23.6 Å². The highest BCUT2D eigenvalue weighted by Crippen LogP contribution is 2.35. The summed E-state index contributed by atoms with van der Waals surface area (Å²) in [4.78, 5) is 19.1. The summed E-state index contributed by atoms with van der Waals surface area (Å²) in [6.45, 7) is 16.1. The van der Waals surface area contributed by atoms with Crippen molar-refractivity contribution in [3.05, 3.63) is 39.7 Å². The SMILES string of the molecule is Cc1cc(-c2csc(C3CCN(C(=O)OC(C)(C)C)CC3)n2)cc(C(C)(C)C)c1. The van der Waals surface area contributed by atoms with Gasteiger partial charge < -0.3 is 9.64 Å². The number of carbonyl (C=O) groups excluding carboxylic acids is 1. The third-order valence-electron chi connectivity index (χ3n) is 5.26. The van der Waals surface area contributed by atoms with Crippen molar-refractivity contribution in [3.63, 3.8) is 0 Å². The van der Waals surface area contributed by atoms with Gasteiger partial charge in [0.2, 0.25) is 0 Å². The number of hydrogen-bond acceptors (Lipinski definition) is 4. The lowest BCUT2D eigenvalue weighted by Crippen LogP contribution is -2.41. The standard InChI is InChI=1S/C24H34N2O2S/c1-16-12-18(14-19(13-16)23(2,3)4)20-15-29-21(25-20)17-8-10-26(11-9-17)22(27)28-24(5,6)7/h12-15,17H,8-11H2,1-7H3. The van der Waals surface area contributed by atoms with Gasteiger partial charge in [-0.3, -0.25) is 0 Å². The highest BCUT2D eigenvalue weighted by Gasteiger charge is 2.29. The van der Waals surface area contributed by atoms with Crippen LogP contribution in [-0.4, -0.2) is 34.7 Å². The second-order valence-corrected chi connectivity index (χ2v) is 11.0. The molecule has 0 atom stereocenters. The van der Waals surface area contributed by atoms with Gasteiger partial charge in [-0.05, 0) is 63.6 Å². The molecule has 0 aliphatic carbocycles. The average molecular weight is 415 g/mol. The fourth-order valence-corrected chi connectivity index (χ4v) is 4.61. The molecule has 2 aromatic rings. The largest absolute Gasteiger partial charge is 0.444 e. The minimum absolute atomic E-state index is 0.119. The van der Waals surface area contributed by atoms with Crippen LogP contribution in [0.25, 0.3) is 11.3 Å². The molecule has 3 rings (SSSR count). The van der Waals surface area contributed by atoms with Crippen LogP contribution in [0.1, 0.15) is 76.4 Å². The highest BCUT2D eigenvalue weighted by atomic mass is 32.1. The number of likely N-dealkylation sites (tertiary alicyclic amines) is 1. The van der Waals surface area contributed by atoms with E-state index in [4.69, 9.17) is 9.72 Å². The average Bonchev–Trinajstić information content (AvgIpc) is 3.09. The third kappa shape index (κ3) is 5.59. The van der Waals surface area contributed by atoms with E-state index in [0.717, 1.165) is 31.6 Å². The Morgan fingerprint density at radius 3 is 2.34 bits per heavy atom. The number of hydrogen-bond donors (Lipinski definition) is 0. The van der Waals surface area contributed by atoms with Gasteiger partial charge in [0.25, 0.3) is 0 Å². The topological polar surface area (TPSA) is 42.4 Å². The summed E-state index contributed by atoms with van der Waals surface area (Å²) >= 11 is 1.74. The molecule has 0 bridgehead atoms. The molecule has 0 unspecified atom stereocenters. The Bertz CT molecular complexity index is 866. The Labute approximate surface area is 179 Å². The molecule has 1 saturated heterocycles. The summed E-state index contributed by atoms with van der Waals surface area (Å²) in [5.41, 5.74) is 4.55. The van der Waals surface area contributed by atoms with Gasteiger partial charge in [-0.2, -0.15) is 0 Å². The maximum atomic E-state index is 12.3. The molecular formula is C24H34N2O2S. The molecule has 1 aromatic heterocycles. The van der Waals surface area contributed by atoms with Gasteiger partial charge in [0.05, 0.1) is 10.7 Å². The van der Waals surface area contributed by atoms with Crippen molar-refractivity contribution in [2.45, 2.75) is 78.2 Å². The van der Waals surface area contributed by atoms with E-state index in [9.17, 15) is 4.79 Å². The Balaban J connectivity index is 1.69. The van der Waals surface area contributed by atoms with Crippen LogP contribution >= 0.6 is 11.3 Å². The molecule has 0 saturated carbocycles. The summed E-state index contributed by atoms with van der Waals surface area (Å²) in [6, 6.07) is 6.76. The fraction of sp³-hybridized carbons (Fsp3) is 0.583. The molecule has 1 amide bonds. The zero-order valence-electron chi connectivity index (χ0n) is 18.8. The van der Waals surface area contributed by atoms with Gasteiger partial charge in [-0.25, -0.2) is 9.78 Å². The Morgan fingerprint density at radius 2 is 1.76 bits per heavy atom. The first-order valence-corrected chi connectivity index (χ1v) is 11.4. The lowest BCUT2D eigenvalue weighted by atomic mass is 9.85. The number of benzene rings is 1. The number of ether oxygens (including phenoxy) is 1. The summed E-state index contributed by atoms with van der Waals surface area (Å²) in [5, 5.41) is 3.36. The minimum Gasteiger partial charge on any atom is -0.444 e. The van der Waals surface area contributed by atoms with E-state index in [1.54, 1.807) is 11.3 Å². The fourth-order valence-electron chi connectivity index (χ4n) is 3.61. The zero-order valence-corrected chi connectivity index (χ0v) is 19.7. The molecule has 29 heavy (non-hydrogen) atoms. The van der Waals surface area contributed by atoms with E-state index in [0.29, 0.717) is 5.92 Å². The van der Waals surface area contributed by atoms with Crippen molar-refractivity contribution in [3.8, 4) is 11.3 Å². The van der Waals surface area contributed by atoms with Gasteiger partial charge in [0.1, 0.15) is 5.60 Å². The predicted octanol–water partition coefficient (Wildman–Crippen LogP) is 6.53. The van der Waals surface area contributed by atoms with Gasteiger partial charge in [0.15, 0.2) is 0 Å². The third-order valence-corrected chi connectivity index (χ3v) is 6.26. The Morgan fingerprint density at radius 1 is 1.10 bits per heavy atom. The number of aryl methyl sites for hydroxylation is 1. The number of piperidine rings is 1. The van der Waals surface area contributed by atoms with Crippen molar-refractivity contribution in [2.75, 3.05) is 13.1 Å². The lowest BCUT2D eigenvalue weighted by molar-refractivity contribution is 0.0205. The van der Waals surface area contributed by atoms with Crippen LogP contribution < -0.4 is 0 Å². The van der Waals surface area contributed by atoms with E-state index < -0.39 is 5.60 Å². The number of rotatable bonds is 2. The summed E-state index contributed by atoms with van der Waals surface area (Å²) in [7, 11) is 0. The van der Waals surface area contributed by atoms with Crippen LogP contribution in [0.4, 0.5) is 4.79 Å². The van der Waals surface area contributed by atoms with Crippen molar-refractivity contribution >= 4 is 17.4 Å². The van der Waals surface area contributed by atoms with E-state index in [1.807, 2.05) is 25.7 Å². The van der Waals surface area contributed by atoms with Gasteiger partial charge in [-0.1, -0.05) is 32.4 Å². The molecule has 2 heterocycles. The second kappa shape index (κ2) is 8.10. The van der Waals surface area contributed by atoms with E-state index in [1.165, 1.54) is 21.7 Å². The molecule has 0 N–H and O–H groups in total. The number of aromatic nitrogens is 1. The molecule has 1 fully saturated rings. The quantitative estimate of drug-likeness (QED) is 0.561. The van der Waals surface area contributed by atoms with Crippen molar-refractivity contribution in [2.24, 2.45) is 0 Å². The monoisotopic (exact) mass is 414 g/mol. The Kier molecular flexibility index (Phi) is 6.09. The molecule has 1 aromatic carbocycles. The lowest BCUT2D eigenvalue weighted by Gasteiger charge is -2.32. The van der Waals surface area contributed by atoms with E-state index in [2.05, 4.69) is 51.3 Å². The normalized spacial score (nSPS) is 16.2. The first-order valence-electron chi connectivity index (χ1n) is 10.5. The predicted molar refractivity (Wildman–Crippen MR) is 121 cm³/mol. The summed E-state index contributed by atoms with van der Waals surface area (Å²) in [6.07, 6.45) is 1.67. The van der Waals surface area contributed by atoms with Crippen LogP contribution in [0.2, 0.25) is 0 Å². The van der Waals surface area contributed by atoms with E-state index >= 15 is 0 Å². The molecule has 158 valence electrons. The minimum atomic E-state index is -0.447. The molecule has 0 radical (unpaired) electrons. The van der Waals surface area contributed by atoms with E-state index in [-0.39, 0.29) is 11.5 Å². The molecule has 5 heteroatoms. The molecule has 4 nitrogen and oxygen atoms in total. The van der Waals surface area contributed by atoms with Crippen molar-refractivity contribution < 1.29 is 9.53 Å². The molecule has 1 aliphatic heterocycles. The Hall–Kier alpha value is -1.88.